The summed E-state index contributed by atoms with van der Waals surface area (Å²) in [6.45, 7) is 0. The number of fused-ring (bicyclic) bond motifs is 1. The van der Waals surface area contributed by atoms with Gasteiger partial charge in [-0.3, -0.25) is 19.5 Å². The van der Waals surface area contributed by atoms with Crippen LogP contribution >= 0.6 is 0 Å². The van der Waals surface area contributed by atoms with Crippen molar-refractivity contribution in [2.75, 3.05) is 5.32 Å². The Kier molecular flexibility index (Phi) is 3.92. The van der Waals surface area contributed by atoms with Gasteiger partial charge in [0.1, 0.15) is 5.82 Å². The van der Waals surface area contributed by atoms with Gasteiger partial charge in [0.05, 0.1) is 5.69 Å². The Hall–Kier alpha value is -3.94. The largest absolute Gasteiger partial charge is 0.337 e. The van der Waals surface area contributed by atoms with Crippen molar-refractivity contribution in [3.05, 3.63) is 92.8 Å². The molecule has 27 heavy (non-hydrogen) atoms. The van der Waals surface area contributed by atoms with Crippen LogP contribution in [-0.2, 0) is 0 Å². The molecule has 0 spiro atoms. The second-order valence-electron chi connectivity index (χ2n) is 5.82. The summed E-state index contributed by atoms with van der Waals surface area (Å²) in [6.07, 6.45) is 0. The molecule has 1 amide bonds. The third kappa shape index (κ3) is 2.93. The lowest BCUT2D eigenvalue weighted by atomic mass is 10.1. The van der Waals surface area contributed by atoms with Crippen LogP contribution in [0.3, 0.4) is 0 Å². The molecular formula is C19H13FN4O3. The third-order valence-corrected chi connectivity index (χ3v) is 4.08. The average molecular weight is 364 g/mol. The molecule has 3 N–H and O–H groups in total. The monoisotopic (exact) mass is 364 g/mol. The summed E-state index contributed by atoms with van der Waals surface area (Å²) in [5.74, 6) is -1.03. The van der Waals surface area contributed by atoms with Crippen molar-refractivity contribution in [3.8, 4) is 11.3 Å². The summed E-state index contributed by atoms with van der Waals surface area (Å²) in [5.41, 5.74) is -0.603. The number of benzene rings is 2. The molecule has 0 aliphatic carbocycles. The van der Waals surface area contributed by atoms with Crippen LogP contribution in [0, 0.1) is 5.82 Å². The molecule has 2 aromatic heterocycles. The molecule has 7 nitrogen and oxygen atoms in total. The number of rotatable bonds is 3. The Bertz CT molecular complexity index is 1270. The minimum absolute atomic E-state index is 0.0371. The summed E-state index contributed by atoms with van der Waals surface area (Å²) in [7, 11) is 0. The van der Waals surface area contributed by atoms with Crippen molar-refractivity contribution in [1.29, 1.82) is 0 Å². The number of nitrogens with zero attached hydrogens (tertiary/aromatic N) is 1. The van der Waals surface area contributed by atoms with Crippen LogP contribution in [0.15, 0.2) is 70.3 Å². The molecule has 2 heterocycles. The number of hydrogen-bond donors (Lipinski definition) is 3. The Labute approximate surface area is 151 Å². The van der Waals surface area contributed by atoms with Crippen molar-refractivity contribution < 1.29 is 9.18 Å². The van der Waals surface area contributed by atoms with Crippen molar-refractivity contribution >= 4 is 17.2 Å². The fourth-order valence-corrected chi connectivity index (χ4v) is 2.78. The number of halogens is 1. The van der Waals surface area contributed by atoms with Crippen LogP contribution in [0.5, 0.6) is 0 Å². The highest BCUT2D eigenvalue weighted by Gasteiger charge is 2.17. The van der Waals surface area contributed by atoms with Crippen molar-refractivity contribution in [1.82, 2.24) is 14.6 Å². The van der Waals surface area contributed by atoms with Crippen LogP contribution in [0.2, 0.25) is 0 Å². The molecule has 0 unspecified atom stereocenters. The summed E-state index contributed by atoms with van der Waals surface area (Å²) < 4.78 is 15.0. The topological polar surface area (TPSA) is 99.2 Å². The van der Waals surface area contributed by atoms with Crippen LogP contribution < -0.4 is 16.4 Å². The summed E-state index contributed by atoms with van der Waals surface area (Å²) in [6, 6.07) is 15.4. The molecule has 8 heteroatoms. The average Bonchev–Trinajstić information content (AvgIpc) is 2.99. The zero-order chi connectivity index (χ0) is 19.0. The maximum absolute atomic E-state index is 14.1. The van der Waals surface area contributed by atoms with E-state index >= 15 is 0 Å². The lowest BCUT2D eigenvalue weighted by Gasteiger charge is -2.06. The minimum Gasteiger partial charge on any atom is -0.337 e. The molecular weight excluding hydrogens is 351 g/mol. The van der Waals surface area contributed by atoms with Gasteiger partial charge in [-0.05, 0) is 24.3 Å². The van der Waals surface area contributed by atoms with Crippen LogP contribution in [0.4, 0.5) is 10.1 Å². The third-order valence-electron chi connectivity index (χ3n) is 4.08. The van der Waals surface area contributed by atoms with E-state index in [4.69, 9.17) is 0 Å². The van der Waals surface area contributed by atoms with Gasteiger partial charge in [0.25, 0.3) is 17.0 Å². The fraction of sp³-hybridized carbons (Fsp3) is 0. The molecule has 0 aliphatic rings. The van der Waals surface area contributed by atoms with Crippen LogP contribution in [0.25, 0.3) is 16.9 Å². The molecule has 134 valence electrons. The first-order chi connectivity index (χ1) is 13.0. The molecule has 2 aromatic carbocycles. The molecule has 0 aliphatic heterocycles. The van der Waals surface area contributed by atoms with Crippen molar-refractivity contribution in [2.45, 2.75) is 0 Å². The summed E-state index contributed by atoms with van der Waals surface area (Å²) in [5, 5.41) is 4.86. The van der Waals surface area contributed by atoms with Crippen molar-refractivity contribution in [2.24, 2.45) is 0 Å². The first-order valence-electron chi connectivity index (χ1n) is 8.04. The fourth-order valence-electron chi connectivity index (χ4n) is 2.78. The van der Waals surface area contributed by atoms with Crippen molar-refractivity contribution in [3.63, 3.8) is 0 Å². The van der Waals surface area contributed by atoms with Gasteiger partial charge >= 0.3 is 0 Å². The normalized spacial score (nSPS) is 10.9. The zero-order valence-electron chi connectivity index (χ0n) is 13.8. The Morgan fingerprint density at radius 1 is 1.00 bits per heavy atom. The minimum atomic E-state index is -0.654. The summed E-state index contributed by atoms with van der Waals surface area (Å²) >= 11 is 0. The molecule has 4 aromatic rings. The second kappa shape index (κ2) is 6.41. The lowest BCUT2D eigenvalue weighted by molar-refractivity contribution is 0.102. The number of aromatic amines is 2. The summed E-state index contributed by atoms with van der Waals surface area (Å²) in [4.78, 5) is 39.8. The van der Waals surface area contributed by atoms with E-state index in [1.807, 2.05) is 0 Å². The molecule has 0 radical (unpaired) electrons. The lowest BCUT2D eigenvalue weighted by Crippen LogP contribution is -2.17. The molecule has 0 saturated carbocycles. The van der Waals surface area contributed by atoms with E-state index in [0.29, 0.717) is 5.56 Å². The SMILES string of the molecule is O=C(Nc1c(=O)[nH]n2c(=O)cc(-c3ccccc3F)[nH]c12)c1ccccc1. The van der Waals surface area contributed by atoms with E-state index in [2.05, 4.69) is 15.4 Å². The van der Waals surface area contributed by atoms with Gasteiger partial charge < -0.3 is 10.3 Å². The first kappa shape index (κ1) is 16.5. The van der Waals surface area contributed by atoms with Gasteiger partial charge in [-0.2, -0.15) is 4.52 Å². The number of nitrogens with one attached hydrogen (secondary N) is 3. The quantitative estimate of drug-likeness (QED) is 0.520. The smallest absolute Gasteiger partial charge is 0.290 e. The number of aromatic nitrogens is 3. The van der Waals surface area contributed by atoms with E-state index in [1.54, 1.807) is 36.4 Å². The highest BCUT2D eigenvalue weighted by atomic mass is 19.1. The van der Waals surface area contributed by atoms with E-state index < -0.39 is 22.8 Å². The molecule has 0 bridgehead atoms. The molecule has 0 saturated heterocycles. The number of carbonyl (C=O) groups excluding carboxylic acids is 1. The van der Waals surface area contributed by atoms with Crippen LogP contribution in [0.1, 0.15) is 10.4 Å². The van der Waals surface area contributed by atoms with Gasteiger partial charge in [-0.1, -0.05) is 30.3 Å². The zero-order valence-corrected chi connectivity index (χ0v) is 13.8. The van der Waals surface area contributed by atoms with E-state index in [-0.39, 0.29) is 22.6 Å². The highest BCUT2D eigenvalue weighted by molar-refractivity contribution is 6.05. The van der Waals surface area contributed by atoms with Gasteiger partial charge in [0.15, 0.2) is 11.3 Å². The Morgan fingerprint density at radius 2 is 1.70 bits per heavy atom. The van der Waals surface area contributed by atoms with E-state index in [9.17, 15) is 18.8 Å². The van der Waals surface area contributed by atoms with Gasteiger partial charge in [-0.15, -0.1) is 0 Å². The Morgan fingerprint density at radius 3 is 2.44 bits per heavy atom. The second-order valence-corrected chi connectivity index (χ2v) is 5.82. The van der Waals surface area contributed by atoms with Crippen LogP contribution in [-0.4, -0.2) is 20.5 Å². The molecule has 0 fully saturated rings. The predicted molar refractivity (Wildman–Crippen MR) is 98.4 cm³/mol. The number of amides is 1. The predicted octanol–water partition coefficient (Wildman–Crippen LogP) is 2.37. The standard InChI is InChI=1S/C19H13FN4O3/c20-13-9-5-4-8-12(13)14-10-15(25)24-17(21-14)16(19(27)23-24)22-18(26)11-6-2-1-3-7-11/h1-10,21H,(H,22,26)(H,23,27). The molecule has 0 atom stereocenters. The van der Waals surface area contributed by atoms with Gasteiger partial charge in [0.2, 0.25) is 0 Å². The van der Waals surface area contributed by atoms with Gasteiger partial charge in [0, 0.05) is 17.2 Å². The number of anilines is 1. The van der Waals surface area contributed by atoms with E-state index in [0.717, 1.165) is 4.52 Å². The maximum atomic E-state index is 14.1. The molecule has 4 rings (SSSR count). The maximum Gasteiger partial charge on any atom is 0.290 e. The van der Waals surface area contributed by atoms with E-state index in [1.165, 1.54) is 24.3 Å². The number of hydrogen-bond acceptors (Lipinski definition) is 3. The first-order valence-corrected chi connectivity index (χ1v) is 8.04. The van der Waals surface area contributed by atoms with Gasteiger partial charge in [-0.25, -0.2) is 4.39 Å². The Balaban J connectivity index is 1.85. The number of carbonyl (C=O) groups is 1. The number of H-pyrrole nitrogens is 2. The highest BCUT2D eigenvalue weighted by Crippen LogP contribution is 2.21.